The molecule has 3 heterocycles. The van der Waals surface area contributed by atoms with Crippen molar-refractivity contribution in [2.24, 2.45) is 0 Å². The van der Waals surface area contributed by atoms with E-state index >= 15 is 0 Å². The van der Waals surface area contributed by atoms with Crippen molar-refractivity contribution in [3.05, 3.63) is 40.7 Å². The van der Waals surface area contributed by atoms with E-state index in [0.717, 1.165) is 12.0 Å². The fourth-order valence-electron chi connectivity index (χ4n) is 2.25. The third-order valence-electron chi connectivity index (χ3n) is 3.36. The molecule has 0 atom stereocenters. The summed E-state index contributed by atoms with van der Waals surface area (Å²) in [4.78, 5) is 19.4. The van der Waals surface area contributed by atoms with Crippen molar-refractivity contribution >= 4 is 17.0 Å². The Labute approximate surface area is 127 Å². The Morgan fingerprint density at radius 3 is 2.91 bits per heavy atom. The lowest BCUT2D eigenvalue weighted by Gasteiger charge is -2.19. The van der Waals surface area contributed by atoms with Crippen molar-refractivity contribution in [2.45, 2.75) is 32.7 Å². The molecular weight excluding hydrogens is 282 g/mol. The molecule has 0 aliphatic carbocycles. The second-order valence-corrected chi connectivity index (χ2v) is 6.19. The number of hydrogen-bond donors (Lipinski definition) is 2. The van der Waals surface area contributed by atoms with Crippen LogP contribution in [0.1, 0.15) is 26.3 Å². The van der Waals surface area contributed by atoms with Crippen molar-refractivity contribution in [1.82, 2.24) is 19.7 Å². The average Bonchev–Trinajstić information content (AvgIpc) is 3.06. The molecule has 0 bridgehead atoms. The zero-order valence-corrected chi connectivity index (χ0v) is 12.9. The Morgan fingerprint density at radius 1 is 1.41 bits per heavy atom. The van der Waals surface area contributed by atoms with Crippen LogP contribution in [0.5, 0.6) is 0 Å². The van der Waals surface area contributed by atoms with E-state index in [9.17, 15) is 4.79 Å². The summed E-state index contributed by atoms with van der Waals surface area (Å²) in [5, 5.41) is 7.91. The van der Waals surface area contributed by atoms with Crippen LogP contribution in [0.3, 0.4) is 0 Å². The molecular formula is C15H19N5O2. The van der Waals surface area contributed by atoms with Crippen molar-refractivity contribution in [3.8, 4) is 0 Å². The number of aromatic amines is 1. The summed E-state index contributed by atoms with van der Waals surface area (Å²) in [7, 11) is 0. The first-order valence-corrected chi connectivity index (χ1v) is 7.18. The van der Waals surface area contributed by atoms with Crippen LogP contribution < -0.4 is 10.9 Å². The molecule has 0 radical (unpaired) electrons. The lowest BCUT2D eigenvalue weighted by molar-refractivity contribution is 0.366. The number of rotatable bonds is 4. The fraction of sp³-hybridized carbons (Fsp3) is 0.400. The highest BCUT2D eigenvalue weighted by molar-refractivity contribution is 5.74. The molecule has 0 saturated carbocycles. The largest absolute Gasteiger partial charge is 0.472 e. The SMILES string of the molecule is CC(C)(C)n1ncc2c(=O)[nH]c(NCCc3ccoc3)nc21. The maximum Gasteiger partial charge on any atom is 0.263 e. The summed E-state index contributed by atoms with van der Waals surface area (Å²) in [6.45, 7) is 6.72. The minimum absolute atomic E-state index is 0.189. The van der Waals surface area contributed by atoms with Crippen LogP contribution in [0.2, 0.25) is 0 Å². The monoisotopic (exact) mass is 301 g/mol. The van der Waals surface area contributed by atoms with E-state index in [1.54, 1.807) is 23.4 Å². The predicted octanol–water partition coefficient (Wildman–Crippen LogP) is 2.12. The van der Waals surface area contributed by atoms with Gasteiger partial charge in [-0.25, -0.2) is 4.68 Å². The van der Waals surface area contributed by atoms with Gasteiger partial charge < -0.3 is 9.73 Å². The van der Waals surface area contributed by atoms with E-state index in [0.29, 0.717) is 23.5 Å². The minimum atomic E-state index is -0.239. The Bertz CT molecular complexity index is 824. The summed E-state index contributed by atoms with van der Waals surface area (Å²) in [6.07, 6.45) is 5.69. The van der Waals surface area contributed by atoms with E-state index in [4.69, 9.17) is 4.42 Å². The average molecular weight is 301 g/mol. The number of hydrogen-bond acceptors (Lipinski definition) is 5. The highest BCUT2D eigenvalue weighted by Gasteiger charge is 2.19. The Kier molecular flexibility index (Phi) is 3.48. The highest BCUT2D eigenvalue weighted by atomic mass is 16.3. The predicted molar refractivity (Wildman–Crippen MR) is 84.0 cm³/mol. The van der Waals surface area contributed by atoms with Crippen LogP contribution in [-0.4, -0.2) is 26.3 Å². The van der Waals surface area contributed by atoms with Gasteiger partial charge in [-0.1, -0.05) is 0 Å². The molecule has 116 valence electrons. The molecule has 22 heavy (non-hydrogen) atoms. The number of H-pyrrole nitrogens is 1. The number of nitrogens with zero attached hydrogens (tertiary/aromatic N) is 3. The molecule has 7 heteroatoms. The topological polar surface area (TPSA) is 88.7 Å². The third-order valence-corrected chi connectivity index (χ3v) is 3.36. The van der Waals surface area contributed by atoms with Crippen LogP contribution in [-0.2, 0) is 12.0 Å². The molecule has 0 saturated heterocycles. The fourth-order valence-corrected chi connectivity index (χ4v) is 2.25. The van der Waals surface area contributed by atoms with Crippen LogP contribution in [0.4, 0.5) is 5.95 Å². The van der Waals surface area contributed by atoms with Gasteiger partial charge in [0, 0.05) is 6.54 Å². The van der Waals surface area contributed by atoms with Gasteiger partial charge in [-0.3, -0.25) is 9.78 Å². The molecule has 3 rings (SSSR count). The van der Waals surface area contributed by atoms with Gasteiger partial charge in [0.05, 0.1) is 24.3 Å². The third kappa shape index (κ3) is 2.74. The molecule has 0 aliphatic rings. The molecule has 0 spiro atoms. The van der Waals surface area contributed by atoms with Gasteiger partial charge in [-0.05, 0) is 38.8 Å². The van der Waals surface area contributed by atoms with Gasteiger partial charge in [-0.2, -0.15) is 10.1 Å². The summed E-state index contributed by atoms with van der Waals surface area (Å²) < 4.78 is 6.79. The quantitative estimate of drug-likeness (QED) is 0.770. The van der Waals surface area contributed by atoms with Gasteiger partial charge in [-0.15, -0.1) is 0 Å². The lowest BCUT2D eigenvalue weighted by atomic mass is 10.1. The van der Waals surface area contributed by atoms with Gasteiger partial charge in [0.25, 0.3) is 5.56 Å². The molecule has 0 amide bonds. The van der Waals surface area contributed by atoms with E-state index < -0.39 is 0 Å². The number of nitrogens with one attached hydrogen (secondary N) is 2. The second-order valence-electron chi connectivity index (χ2n) is 6.19. The molecule has 3 aromatic rings. The summed E-state index contributed by atoms with van der Waals surface area (Å²) >= 11 is 0. The van der Waals surface area contributed by atoms with Crippen LogP contribution in [0.15, 0.2) is 34.0 Å². The maximum atomic E-state index is 12.1. The molecule has 0 aliphatic heterocycles. The number of fused-ring (bicyclic) bond motifs is 1. The van der Waals surface area contributed by atoms with Crippen molar-refractivity contribution < 1.29 is 4.42 Å². The molecule has 3 aromatic heterocycles. The second kappa shape index (κ2) is 5.32. The van der Waals surface area contributed by atoms with Gasteiger partial charge in [0.2, 0.25) is 5.95 Å². The van der Waals surface area contributed by atoms with E-state index in [1.165, 1.54) is 0 Å². The van der Waals surface area contributed by atoms with E-state index in [1.807, 2.05) is 26.8 Å². The standard InChI is InChI=1S/C15H19N5O2/c1-15(2,3)20-12-11(8-17-20)13(21)19-14(18-12)16-6-4-10-5-7-22-9-10/h5,7-9H,4,6H2,1-3H3,(H2,16,18,19,21). The zero-order valence-electron chi connectivity index (χ0n) is 12.9. The zero-order chi connectivity index (χ0) is 15.7. The van der Waals surface area contributed by atoms with Crippen LogP contribution in [0, 0.1) is 0 Å². The molecule has 0 aromatic carbocycles. The van der Waals surface area contributed by atoms with Gasteiger partial charge in [0.1, 0.15) is 5.39 Å². The summed E-state index contributed by atoms with van der Waals surface area (Å²) in [6, 6.07) is 1.91. The summed E-state index contributed by atoms with van der Waals surface area (Å²) in [5.41, 5.74) is 1.25. The lowest BCUT2D eigenvalue weighted by Crippen LogP contribution is -2.24. The van der Waals surface area contributed by atoms with E-state index in [2.05, 4.69) is 20.4 Å². The molecule has 0 unspecified atom stereocenters. The van der Waals surface area contributed by atoms with Crippen molar-refractivity contribution in [2.75, 3.05) is 11.9 Å². The highest BCUT2D eigenvalue weighted by Crippen LogP contribution is 2.18. The maximum absolute atomic E-state index is 12.1. The van der Waals surface area contributed by atoms with Gasteiger partial charge >= 0.3 is 0 Å². The molecule has 7 nitrogen and oxygen atoms in total. The summed E-state index contributed by atoms with van der Waals surface area (Å²) in [5.74, 6) is 0.451. The number of furan rings is 1. The number of anilines is 1. The van der Waals surface area contributed by atoms with Crippen molar-refractivity contribution in [3.63, 3.8) is 0 Å². The molecule has 2 N–H and O–H groups in total. The first-order chi connectivity index (χ1) is 10.4. The van der Waals surface area contributed by atoms with Crippen LogP contribution >= 0.6 is 0 Å². The van der Waals surface area contributed by atoms with Crippen LogP contribution in [0.25, 0.3) is 11.0 Å². The minimum Gasteiger partial charge on any atom is -0.472 e. The number of aromatic nitrogens is 4. The smallest absolute Gasteiger partial charge is 0.263 e. The molecule has 0 fully saturated rings. The normalized spacial score (nSPS) is 12.0. The van der Waals surface area contributed by atoms with Crippen molar-refractivity contribution in [1.29, 1.82) is 0 Å². The Hall–Kier alpha value is -2.57. The first kappa shape index (κ1) is 14.4. The Balaban J connectivity index is 1.86. The van der Waals surface area contributed by atoms with E-state index in [-0.39, 0.29) is 11.1 Å². The Morgan fingerprint density at radius 2 is 2.23 bits per heavy atom. The first-order valence-electron chi connectivity index (χ1n) is 7.18. The van der Waals surface area contributed by atoms with Gasteiger partial charge in [0.15, 0.2) is 5.65 Å².